The number of hydrogen-bond acceptors (Lipinski definition) is 9. The summed E-state index contributed by atoms with van der Waals surface area (Å²) in [6.07, 6.45) is 3.82. The number of piperazine rings is 1. The van der Waals surface area contributed by atoms with Crippen LogP contribution in [0, 0.1) is 17.7 Å². The van der Waals surface area contributed by atoms with Gasteiger partial charge in [0.1, 0.15) is 17.6 Å². The molecule has 1 aliphatic heterocycles. The fraction of sp³-hybridized carbons (Fsp3) is 0.647. The van der Waals surface area contributed by atoms with E-state index in [-0.39, 0.29) is 54.2 Å². The van der Waals surface area contributed by atoms with Crippen molar-refractivity contribution in [2.75, 3.05) is 39.3 Å². The van der Waals surface area contributed by atoms with Crippen LogP contribution in [0.1, 0.15) is 93.0 Å². The summed E-state index contributed by atoms with van der Waals surface area (Å²) < 4.78 is 20.5. The quantitative estimate of drug-likeness (QED) is 0.278. The summed E-state index contributed by atoms with van der Waals surface area (Å²) in [5.74, 6) is -2.05. The third-order valence-electron chi connectivity index (χ3n) is 9.74. The summed E-state index contributed by atoms with van der Waals surface area (Å²) in [5.41, 5.74) is 1.15. The topological polar surface area (TPSA) is 158 Å². The van der Waals surface area contributed by atoms with Crippen molar-refractivity contribution in [2.24, 2.45) is 11.8 Å². The molecule has 1 aromatic carbocycles. The van der Waals surface area contributed by atoms with E-state index in [1.54, 1.807) is 30.9 Å². The molecule has 2 aromatic rings. The molecule has 2 heterocycles. The fourth-order valence-corrected chi connectivity index (χ4v) is 6.59. The minimum atomic E-state index is -0.897. The second-order valence-electron chi connectivity index (χ2n) is 13.0. The number of aliphatic hydroxyl groups excluding tert-OH is 1. The molecule has 1 saturated heterocycles. The van der Waals surface area contributed by atoms with Gasteiger partial charge in [0, 0.05) is 51.5 Å². The van der Waals surface area contributed by atoms with Crippen molar-refractivity contribution in [3.63, 3.8) is 0 Å². The molecular weight excluding hydrogens is 607 g/mol. The van der Waals surface area contributed by atoms with Crippen molar-refractivity contribution in [1.29, 1.82) is 0 Å². The van der Waals surface area contributed by atoms with Gasteiger partial charge in [0.15, 0.2) is 11.5 Å². The summed E-state index contributed by atoms with van der Waals surface area (Å²) in [6.45, 7) is 10.2. The van der Waals surface area contributed by atoms with Crippen LogP contribution in [0.3, 0.4) is 0 Å². The lowest BCUT2D eigenvalue weighted by Crippen LogP contribution is -2.56. The van der Waals surface area contributed by atoms with Gasteiger partial charge in [0.2, 0.25) is 11.8 Å². The molecule has 3 N–H and O–H groups in total. The van der Waals surface area contributed by atoms with E-state index in [2.05, 4.69) is 32.8 Å². The lowest BCUT2D eigenvalue weighted by molar-refractivity contribution is -0.138. The number of Topliss-reactive ketones (excluding diaryl/α,β-unsaturated/α-hetero) is 1. The van der Waals surface area contributed by atoms with Gasteiger partial charge in [0.25, 0.3) is 5.91 Å². The van der Waals surface area contributed by atoms with Crippen LogP contribution in [0.25, 0.3) is 0 Å². The number of rotatable bonds is 14. The Labute approximate surface area is 275 Å². The molecule has 1 saturated carbocycles. The Kier molecular flexibility index (Phi) is 13.0. The van der Waals surface area contributed by atoms with Crippen molar-refractivity contribution >= 4 is 23.5 Å². The number of halogens is 1. The first-order chi connectivity index (χ1) is 22.6. The van der Waals surface area contributed by atoms with Crippen LogP contribution in [-0.2, 0) is 27.2 Å². The minimum absolute atomic E-state index is 0.0444. The Morgan fingerprint density at radius 3 is 2.36 bits per heavy atom. The van der Waals surface area contributed by atoms with Crippen molar-refractivity contribution in [2.45, 2.75) is 90.6 Å². The number of hydrogen-bond donors (Lipinski definition) is 3. The first-order valence-corrected chi connectivity index (χ1v) is 16.9. The van der Waals surface area contributed by atoms with Crippen LogP contribution in [-0.4, -0.2) is 100 Å². The minimum Gasteiger partial charge on any atom is -0.395 e. The van der Waals surface area contributed by atoms with Crippen LogP contribution in [0.15, 0.2) is 22.8 Å². The molecule has 2 fully saturated rings. The highest BCUT2D eigenvalue weighted by molar-refractivity contribution is 5.97. The standard InChI is InChI=1S/C34H49FN6O6/c1-5-27-32(39-47-38-27)33(45)37-31(23-9-7-21(3)8-10-23)28(43)20-25-12-11-24(19-26(25)35)22(4)30(36-29(44)6-2)34(46)41-15-13-40(14-16-41)17-18-42/h11-12,19,21-23,30-31,42H,5-10,13-18,20H2,1-4H3,(H,36,44)(H,37,45)/t21?,22-,23?,30+,31-/m0/s1. The first-order valence-electron chi connectivity index (χ1n) is 16.9. The van der Waals surface area contributed by atoms with Gasteiger partial charge in [-0.2, -0.15) is 0 Å². The number of aryl methyl sites for hydroxylation is 1. The van der Waals surface area contributed by atoms with Crippen molar-refractivity contribution < 1.29 is 33.3 Å². The number of benzene rings is 1. The normalized spacial score (nSPS) is 20.7. The van der Waals surface area contributed by atoms with E-state index in [0.717, 1.165) is 25.7 Å². The van der Waals surface area contributed by atoms with Gasteiger partial charge in [0.05, 0.1) is 12.6 Å². The highest BCUT2D eigenvalue weighted by atomic mass is 19.1. The van der Waals surface area contributed by atoms with Gasteiger partial charge in [-0.15, -0.1) is 0 Å². The van der Waals surface area contributed by atoms with Crippen LogP contribution in [0.2, 0.25) is 0 Å². The number of aromatic nitrogens is 2. The molecule has 0 unspecified atom stereocenters. The molecule has 4 rings (SSSR count). The van der Waals surface area contributed by atoms with E-state index in [4.69, 9.17) is 4.63 Å². The summed E-state index contributed by atoms with van der Waals surface area (Å²) >= 11 is 0. The van der Waals surface area contributed by atoms with Crippen LogP contribution in [0.4, 0.5) is 4.39 Å². The number of amides is 3. The molecule has 2 aliphatic rings. The number of aliphatic hydroxyl groups is 1. The maximum Gasteiger partial charge on any atom is 0.276 e. The molecule has 47 heavy (non-hydrogen) atoms. The lowest BCUT2D eigenvalue weighted by Gasteiger charge is -2.37. The third kappa shape index (κ3) is 9.22. The molecule has 1 aliphatic carbocycles. The number of nitrogens with one attached hydrogen (secondary N) is 2. The predicted octanol–water partition coefficient (Wildman–Crippen LogP) is 2.64. The number of β-amino-alcohol motifs (C(OH)–C–C–N with tert-alkyl or cyclic N) is 1. The molecule has 3 amide bonds. The lowest BCUT2D eigenvalue weighted by atomic mass is 9.77. The Balaban J connectivity index is 1.50. The first kappa shape index (κ1) is 36.1. The van der Waals surface area contributed by atoms with Gasteiger partial charge in [-0.1, -0.05) is 57.8 Å². The molecule has 12 nitrogen and oxygen atoms in total. The summed E-state index contributed by atoms with van der Waals surface area (Å²) in [6, 6.07) is 2.85. The molecule has 1 aromatic heterocycles. The predicted molar refractivity (Wildman–Crippen MR) is 172 cm³/mol. The second kappa shape index (κ2) is 16.9. The maximum absolute atomic E-state index is 15.7. The number of carbonyl (C=O) groups excluding carboxylic acids is 4. The zero-order valence-electron chi connectivity index (χ0n) is 28.0. The molecule has 0 radical (unpaired) electrons. The smallest absolute Gasteiger partial charge is 0.276 e. The average Bonchev–Trinajstić information content (AvgIpc) is 3.56. The Morgan fingerprint density at radius 2 is 1.74 bits per heavy atom. The summed E-state index contributed by atoms with van der Waals surface area (Å²) in [5, 5.41) is 22.5. The number of carbonyl (C=O) groups is 4. The average molecular weight is 657 g/mol. The molecule has 0 spiro atoms. The van der Waals surface area contributed by atoms with E-state index in [1.165, 1.54) is 6.07 Å². The third-order valence-corrected chi connectivity index (χ3v) is 9.74. The molecule has 13 heteroatoms. The van der Waals surface area contributed by atoms with E-state index >= 15 is 4.39 Å². The summed E-state index contributed by atoms with van der Waals surface area (Å²) in [4.78, 5) is 56.8. The largest absolute Gasteiger partial charge is 0.395 e. The van der Waals surface area contributed by atoms with E-state index in [1.807, 2.05) is 6.92 Å². The SMILES string of the molecule is CCC(=O)N[C@@H](C(=O)N1CCN(CCO)CC1)[C@@H](C)c1ccc(CC(=O)[C@@H](NC(=O)c2nonc2CC)C2CCC(C)CC2)c(F)c1. The van der Waals surface area contributed by atoms with Crippen LogP contribution in [0.5, 0.6) is 0 Å². The van der Waals surface area contributed by atoms with Gasteiger partial charge < -0.3 is 20.6 Å². The van der Waals surface area contributed by atoms with Crippen molar-refractivity contribution in [3.8, 4) is 0 Å². The van der Waals surface area contributed by atoms with Gasteiger partial charge in [-0.25, -0.2) is 9.02 Å². The van der Waals surface area contributed by atoms with Crippen LogP contribution >= 0.6 is 0 Å². The Bertz CT molecular complexity index is 1380. The van der Waals surface area contributed by atoms with Gasteiger partial charge in [-0.05, 0) is 53.4 Å². The zero-order valence-corrected chi connectivity index (χ0v) is 28.0. The van der Waals surface area contributed by atoms with Gasteiger partial charge >= 0.3 is 0 Å². The molecular formula is C34H49FN6O6. The fourth-order valence-electron chi connectivity index (χ4n) is 6.59. The Morgan fingerprint density at radius 1 is 1.04 bits per heavy atom. The summed E-state index contributed by atoms with van der Waals surface area (Å²) in [7, 11) is 0. The highest BCUT2D eigenvalue weighted by Crippen LogP contribution is 2.32. The highest BCUT2D eigenvalue weighted by Gasteiger charge is 2.35. The monoisotopic (exact) mass is 656 g/mol. The maximum atomic E-state index is 15.7. The molecule has 3 atom stereocenters. The zero-order chi connectivity index (χ0) is 34.1. The van der Waals surface area contributed by atoms with Crippen LogP contribution < -0.4 is 10.6 Å². The molecule has 258 valence electrons. The van der Waals surface area contributed by atoms with E-state index in [9.17, 15) is 24.3 Å². The van der Waals surface area contributed by atoms with Crippen molar-refractivity contribution in [1.82, 2.24) is 30.7 Å². The van der Waals surface area contributed by atoms with Crippen molar-refractivity contribution in [3.05, 3.63) is 46.5 Å². The number of ketones is 1. The van der Waals surface area contributed by atoms with E-state index < -0.39 is 29.7 Å². The molecule has 0 bridgehead atoms. The van der Waals surface area contributed by atoms with E-state index in [0.29, 0.717) is 56.3 Å². The number of nitrogens with zero attached hydrogens (tertiary/aromatic N) is 4. The second-order valence-corrected chi connectivity index (χ2v) is 13.0. The van der Waals surface area contributed by atoms with Gasteiger partial charge in [-0.3, -0.25) is 24.1 Å². The Hall–Kier alpha value is -3.71.